The summed E-state index contributed by atoms with van der Waals surface area (Å²) in [5, 5.41) is 1.08. The lowest BCUT2D eigenvalue weighted by molar-refractivity contribution is 0.0000208. The lowest BCUT2D eigenvalue weighted by atomic mass is 9.88. The third kappa shape index (κ3) is 4.31. The van der Waals surface area contributed by atoms with Gasteiger partial charge >= 0.3 is 0 Å². The molecule has 1 nitrogen and oxygen atoms in total. The van der Waals surface area contributed by atoms with Crippen LogP contribution in [0.1, 0.15) is 46.0 Å². The molecule has 1 fully saturated rings. The second-order valence-electron chi connectivity index (χ2n) is 4.66. The first-order valence-corrected chi connectivity index (χ1v) is 7.06. The van der Waals surface area contributed by atoms with Gasteiger partial charge in [-0.15, -0.1) is 0 Å². The molecular formula is C12H23BrO. The van der Waals surface area contributed by atoms with Gasteiger partial charge in [0.05, 0.1) is 12.7 Å². The lowest BCUT2D eigenvalue weighted by Crippen LogP contribution is -2.24. The molecular weight excluding hydrogens is 240 g/mol. The van der Waals surface area contributed by atoms with E-state index in [-0.39, 0.29) is 0 Å². The van der Waals surface area contributed by atoms with Crippen molar-refractivity contribution in [3.05, 3.63) is 0 Å². The number of hydrogen-bond donors (Lipinski definition) is 0. The van der Waals surface area contributed by atoms with Gasteiger partial charge in [0.15, 0.2) is 0 Å². The SMILES string of the molecule is CCC(CBr)COC1CCCC(C)C1. The Hall–Kier alpha value is 0.440. The summed E-state index contributed by atoms with van der Waals surface area (Å²) in [5.41, 5.74) is 0. The van der Waals surface area contributed by atoms with Gasteiger partial charge in [-0.2, -0.15) is 0 Å². The molecule has 2 heteroatoms. The van der Waals surface area contributed by atoms with Crippen LogP contribution < -0.4 is 0 Å². The van der Waals surface area contributed by atoms with Crippen LogP contribution in [0.15, 0.2) is 0 Å². The second-order valence-corrected chi connectivity index (χ2v) is 5.30. The van der Waals surface area contributed by atoms with Crippen molar-refractivity contribution in [2.45, 2.75) is 52.1 Å². The van der Waals surface area contributed by atoms with E-state index in [1.165, 1.54) is 32.1 Å². The van der Waals surface area contributed by atoms with E-state index in [4.69, 9.17) is 4.74 Å². The van der Waals surface area contributed by atoms with Crippen LogP contribution in [0.2, 0.25) is 0 Å². The van der Waals surface area contributed by atoms with Crippen molar-refractivity contribution in [1.82, 2.24) is 0 Å². The summed E-state index contributed by atoms with van der Waals surface area (Å²) in [5.74, 6) is 1.57. The summed E-state index contributed by atoms with van der Waals surface area (Å²) >= 11 is 3.53. The first kappa shape index (κ1) is 12.5. The van der Waals surface area contributed by atoms with E-state index < -0.39 is 0 Å². The summed E-state index contributed by atoms with van der Waals surface area (Å²) in [4.78, 5) is 0. The van der Waals surface area contributed by atoms with Crippen LogP contribution >= 0.6 is 15.9 Å². The van der Waals surface area contributed by atoms with Crippen LogP contribution in [0.3, 0.4) is 0 Å². The third-order valence-electron chi connectivity index (χ3n) is 3.25. The summed E-state index contributed by atoms with van der Waals surface area (Å²) in [7, 11) is 0. The fourth-order valence-corrected chi connectivity index (χ4v) is 2.72. The van der Waals surface area contributed by atoms with Gasteiger partial charge in [0.2, 0.25) is 0 Å². The zero-order valence-electron chi connectivity index (χ0n) is 9.47. The fourth-order valence-electron chi connectivity index (χ4n) is 2.07. The maximum absolute atomic E-state index is 5.97. The van der Waals surface area contributed by atoms with Gasteiger partial charge in [-0.25, -0.2) is 0 Å². The summed E-state index contributed by atoms with van der Waals surface area (Å²) in [6.07, 6.45) is 7.08. The first-order valence-electron chi connectivity index (χ1n) is 5.93. The number of ether oxygens (including phenoxy) is 1. The fraction of sp³-hybridized carbons (Fsp3) is 1.00. The van der Waals surface area contributed by atoms with Crippen molar-refractivity contribution in [1.29, 1.82) is 0 Å². The van der Waals surface area contributed by atoms with Crippen LogP contribution in [0, 0.1) is 11.8 Å². The van der Waals surface area contributed by atoms with Crippen LogP contribution in [0.5, 0.6) is 0 Å². The molecule has 1 aliphatic rings. The summed E-state index contributed by atoms with van der Waals surface area (Å²) in [6, 6.07) is 0. The van der Waals surface area contributed by atoms with Gasteiger partial charge in [0.1, 0.15) is 0 Å². The lowest BCUT2D eigenvalue weighted by Gasteiger charge is -2.28. The molecule has 14 heavy (non-hydrogen) atoms. The average molecular weight is 263 g/mol. The molecule has 0 radical (unpaired) electrons. The van der Waals surface area contributed by atoms with Gasteiger partial charge < -0.3 is 4.74 Å². The molecule has 0 saturated heterocycles. The standard InChI is InChI=1S/C12H23BrO/c1-3-11(8-13)9-14-12-6-4-5-10(2)7-12/h10-12H,3-9H2,1-2H3. The molecule has 84 valence electrons. The zero-order valence-corrected chi connectivity index (χ0v) is 11.1. The molecule has 0 aromatic heterocycles. The predicted octanol–water partition coefficient (Wildman–Crippen LogP) is 4.00. The van der Waals surface area contributed by atoms with Crippen molar-refractivity contribution in [3.63, 3.8) is 0 Å². The summed E-state index contributed by atoms with van der Waals surface area (Å²) < 4.78 is 5.97. The number of rotatable bonds is 5. The highest BCUT2D eigenvalue weighted by Crippen LogP contribution is 2.26. The normalized spacial score (nSPS) is 30.2. The highest BCUT2D eigenvalue weighted by Gasteiger charge is 2.19. The molecule has 0 aliphatic heterocycles. The Morgan fingerprint density at radius 1 is 1.43 bits per heavy atom. The Kier molecular flexibility index (Phi) is 6.11. The zero-order chi connectivity index (χ0) is 10.4. The van der Waals surface area contributed by atoms with Crippen molar-refractivity contribution < 1.29 is 4.74 Å². The van der Waals surface area contributed by atoms with Crippen LogP contribution in [0.25, 0.3) is 0 Å². The van der Waals surface area contributed by atoms with Crippen LogP contribution in [0.4, 0.5) is 0 Å². The van der Waals surface area contributed by atoms with Gasteiger partial charge in [0.25, 0.3) is 0 Å². The Balaban J connectivity index is 2.16. The second kappa shape index (κ2) is 6.84. The molecule has 0 amide bonds. The minimum absolute atomic E-state index is 0.548. The number of alkyl halides is 1. The van der Waals surface area contributed by atoms with Gasteiger partial charge in [0, 0.05) is 5.33 Å². The molecule has 0 bridgehead atoms. The Morgan fingerprint density at radius 3 is 2.79 bits per heavy atom. The van der Waals surface area contributed by atoms with E-state index in [2.05, 4.69) is 29.8 Å². The van der Waals surface area contributed by atoms with E-state index in [0.717, 1.165) is 17.9 Å². The Bertz CT molecular complexity index is 145. The highest BCUT2D eigenvalue weighted by molar-refractivity contribution is 9.09. The quantitative estimate of drug-likeness (QED) is 0.681. The van der Waals surface area contributed by atoms with Crippen molar-refractivity contribution in [2.75, 3.05) is 11.9 Å². The molecule has 1 rings (SSSR count). The van der Waals surface area contributed by atoms with Gasteiger partial charge in [-0.05, 0) is 24.7 Å². The van der Waals surface area contributed by atoms with Crippen LogP contribution in [-0.2, 0) is 4.74 Å². The molecule has 0 aromatic rings. The highest BCUT2D eigenvalue weighted by atomic mass is 79.9. The van der Waals surface area contributed by atoms with Crippen molar-refractivity contribution in [2.24, 2.45) is 11.8 Å². The minimum Gasteiger partial charge on any atom is -0.378 e. The smallest absolute Gasteiger partial charge is 0.0577 e. The molecule has 0 aromatic carbocycles. The van der Waals surface area contributed by atoms with Gasteiger partial charge in [-0.1, -0.05) is 49.0 Å². The van der Waals surface area contributed by atoms with E-state index in [0.29, 0.717) is 12.0 Å². The average Bonchev–Trinajstić information content (AvgIpc) is 2.19. The number of hydrogen-bond acceptors (Lipinski definition) is 1. The minimum atomic E-state index is 0.548. The molecule has 3 atom stereocenters. The Labute approximate surface area is 96.7 Å². The maximum atomic E-state index is 5.97. The van der Waals surface area contributed by atoms with E-state index >= 15 is 0 Å². The molecule has 1 aliphatic carbocycles. The largest absolute Gasteiger partial charge is 0.378 e. The topological polar surface area (TPSA) is 9.23 Å². The molecule has 0 heterocycles. The number of halogens is 1. The Morgan fingerprint density at radius 2 is 2.21 bits per heavy atom. The predicted molar refractivity (Wildman–Crippen MR) is 64.9 cm³/mol. The van der Waals surface area contributed by atoms with Crippen molar-refractivity contribution >= 4 is 15.9 Å². The molecule has 0 spiro atoms. The third-order valence-corrected chi connectivity index (χ3v) is 4.17. The molecule has 1 saturated carbocycles. The van der Waals surface area contributed by atoms with E-state index in [1.54, 1.807) is 0 Å². The van der Waals surface area contributed by atoms with Crippen molar-refractivity contribution in [3.8, 4) is 0 Å². The molecule has 3 unspecified atom stereocenters. The van der Waals surface area contributed by atoms with E-state index in [9.17, 15) is 0 Å². The maximum Gasteiger partial charge on any atom is 0.0577 e. The monoisotopic (exact) mass is 262 g/mol. The summed E-state index contributed by atoms with van der Waals surface area (Å²) in [6.45, 7) is 5.52. The van der Waals surface area contributed by atoms with Gasteiger partial charge in [-0.3, -0.25) is 0 Å². The van der Waals surface area contributed by atoms with E-state index in [1.807, 2.05) is 0 Å². The van der Waals surface area contributed by atoms with Crippen LogP contribution in [-0.4, -0.2) is 18.0 Å². The molecule has 0 N–H and O–H groups in total. The first-order chi connectivity index (χ1) is 6.76.